The molecule has 0 fully saturated rings. The number of esters is 1. The fraction of sp³-hybridized carbons (Fsp3) is 0.150. The number of nitrogens with zero attached hydrogens (tertiary/aromatic N) is 2. The van der Waals surface area contributed by atoms with Crippen LogP contribution >= 0.6 is 0 Å². The number of hydrogen-bond acceptors (Lipinski definition) is 4. The van der Waals surface area contributed by atoms with E-state index < -0.39 is 5.97 Å². The van der Waals surface area contributed by atoms with Gasteiger partial charge >= 0.3 is 5.97 Å². The van der Waals surface area contributed by atoms with Crippen molar-refractivity contribution in [1.29, 1.82) is 5.26 Å². The zero-order valence-corrected chi connectivity index (χ0v) is 13.7. The number of carbonyl (C=O) groups excluding carboxylic acids is 2. The summed E-state index contributed by atoms with van der Waals surface area (Å²) in [6.45, 7) is -0.130. The molecular formula is C20H18N2O3. The van der Waals surface area contributed by atoms with E-state index in [1.807, 2.05) is 42.5 Å². The molecule has 0 spiro atoms. The van der Waals surface area contributed by atoms with Crippen LogP contribution < -0.4 is 4.90 Å². The van der Waals surface area contributed by atoms with Gasteiger partial charge in [-0.15, -0.1) is 0 Å². The Balaban J connectivity index is 1.93. The van der Waals surface area contributed by atoms with Crippen LogP contribution in [0.2, 0.25) is 0 Å². The largest absolute Gasteiger partial charge is 0.452 e. The average Bonchev–Trinajstić information content (AvgIpc) is 2.66. The molecule has 25 heavy (non-hydrogen) atoms. The summed E-state index contributed by atoms with van der Waals surface area (Å²) in [5.74, 6) is -0.964. The highest BCUT2D eigenvalue weighted by Crippen LogP contribution is 2.14. The van der Waals surface area contributed by atoms with Gasteiger partial charge in [0.15, 0.2) is 6.61 Å². The maximum atomic E-state index is 12.3. The Morgan fingerprint density at radius 3 is 2.32 bits per heavy atom. The van der Waals surface area contributed by atoms with Gasteiger partial charge < -0.3 is 9.64 Å². The van der Waals surface area contributed by atoms with Crippen LogP contribution in [0.25, 0.3) is 6.08 Å². The minimum absolute atomic E-state index is 0.197. The van der Waals surface area contributed by atoms with Crippen LogP contribution in [-0.4, -0.2) is 25.0 Å². The fourth-order valence-corrected chi connectivity index (χ4v) is 2.15. The molecule has 2 aromatic carbocycles. The van der Waals surface area contributed by atoms with E-state index in [1.165, 1.54) is 11.0 Å². The fourth-order valence-electron chi connectivity index (χ4n) is 2.15. The van der Waals surface area contributed by atoms with Gasteiger partial charge in [0, 0.05) is 18.3 Å². The summed E-state index contributed by atoms with van der Waals surface area (Å²) in [5.41, 5.74) is 1.53. The maximum absolute atomic E-state index is 12.3. The average molecular weight is 334 g/mol. The number of hydrogen-bond donors (Lipinski definition) is 0. The van der Waals surface area contributed by atoms with Crippen LogP contribution in [0.1, 0.15) is 12.0 Å². The van der Waals surface area contributed by atoms with E-state index >= 15 is 0 Å². The number of rotatable bonds is 7. The number of para-hydroxylation sites is 1. The molecule has 0 saturated heterocycles. The molecule has 0 radical (unpaired) electrons. The van der Waals surface area contributed by atoms with Crippen molar-refractivity contribution < 1.29 is 14.3 Å². The third-order valence-corrected chi connectivity index (χ3v) is 3.37. The Kier molecular flexibility index (Phi) is 6.95. The Morgan fingerprint density at radius 2 is 1.68 bits per heavy atom. The lowest BCUT2D eigenvalue weighted by atomic mass is 10.2. The lowest BCUT2D eigenvalue weighted by Gasteiger charge is -2.21. The van der Waals surface area contributed by atoms with Gasteiger partial charge in [0.1, 0.15) is 0 Å². The van der Waals surface area contributed by atoms with Gasteiger partial charge in [-0.25, -0.2) is 4.79 Å². The monoisotopic (exact) mass is 334 g/mol. The number of amides is 1. The summed E-state index contributed by atoms with van der Waals surface area (Å²) in [5, 5.41) is 8.76. The molecule has 0 aliphatic heterocycles. The van der Waals surface area contributed by atoms with Crippen LogP contribution in [-0.2, 0) is 14.3 Å². The lowest BCUT2D eigenvalue weighted by molar-refractivity contribution is -0.142. The van der Waals surface area contributed by atoms with E-state index in [0.717, 1.165) is 5.56 Å². The summed E-state index contributed by atoms with van der Waals surface area (Å²) in [6.07, 6.45) is 3.10. The van der Waals surface area contributed by atoms with Gasteiger partial charge in [-0.1, -0.05) is 48.5 Å². The zero-order valence-electron chi connectivity index (χ0n) is 13.7. The normalized spacial score (nSPS) is 10.2. The molecule has 5 heteroatoms. The molecule has 126 valence electrons. The Labute approximate surface area is 146 Å². The first-order chi connectivity index (χ1) is 12.2. The topological polar surface area (TPSA) is 70.4 Å². The quantitative estimate of drug-likeness (QED) is 0.576. The summed E-state index contributed by atoms with van der Waals surface area (Å²) >= 11 is 0. The van der Waals surface area contributed by atoms with Crippen molar-refractivity contribution in [3.63, 3.8) is 0 Å². The van der Waals surface area contributed by atoms with Gasteiger partial charge in [-0.2, -0.15) is 5.26 Å². The smallest absolute Gasteiger partial charge is 0.331 e. The molecule has 0 heterocycles. The minimum Gasteiger partial charge on any atom is -0.452 e. The van der Waals surface area contributed by atoms with Crippen LogP contribution in [0.15, 0.2) is 66.7 Å². The van der Waals surface area contributed by atoms with Gasteiger partial charge in [0.2, 0.25) is 0 Å². The van der Waals surface area contributed by atoms with E-state index in [1.54, 1.807) is 30.3 Å². The lowest BCUT2D eigenvalue weighted by Crippen LogP contribution is -2.35. The standard InChI is InChI=1S/C20H18N2O3/c21-14-7-15-22(18-10-5-2-6-11-18)19(23)16-25-20(24)13-12-17-8-3-1-4-9-17/h1-6,8-13H,7,15-16H2. The van der Waals surface area contributed by atoms with Crippen molar-refractivity contribution in [3.8, 4) is 6.07 Å². The first-order valence-electron chi connectivity index (χ1n) is 7.83. The Bertz CT molecular complexity index is 765. The predicted molar refractivity (Wildman–Crippen MR) is 95.5 cm³/mol. The maximum Gasteiger partial charge on any atom is 0.331 e. The molecule has 2 aromatic rings. The summed E-state index contributed by atoms with van der Waals surface area (Å²) < 4.78 is 5.01. The molecule has 0 unspecified atom stereocenters. The van der Waals surface area contributed by atoms with E-state index in [-0.39, 0.29) is 25.5 Å². The van der Waals surface area contributed by atoms with E-state index in [2.05, 4.69) is 0 Å². The van der Waals surface area contributed by atoms with Crippen LogP contribution in [0, 0.1) is 11.3 Å². The van der Waals surface area contributed by atoms with Crippen molar-refractivity contribution >= 4 is 23.6 Å². The number of carbonyl (C=O) groups is 2. The highest BCUT2D eigenvalue weighted by Gasteiger charge is 2.16. The van der Waals surface area contributed by atoms with E-state index in [9.17, 15) is 9.59 Å². The van der Waals surface area contributed by atoms with E-state index in [0.29, 0.717) is 5.69 Å². The highest BCUT2D eigenvalue weighted by molar-refractivity contribution is 5.96. The molecule has 0 saturated carbocycles. The summed E-state index contributed by atoms with van der Waals surface area (Å²) in [4.78, 5) is 25.5. The first kappa shape index (κ1) is 18.0. The van der Waals surface area contributed by atoms with Crippen LogP contribution in [0.4, 0.5) is 5.69 Å². The Hall–Kier alpha value is -3.39. The second-order valence-electron chi connectivity index (χ2n) is 5.14. The van der Waals surface area contributed by atoms with Crippen molar-refractivity contribution in [1.82, 2.24) is 0 Å². The first-order valence-corrected chi connectivity index (χ1v) is 7.83. The van der Waals surface area contributed by atoms with Crippen molar-refractivity contribution in [2.45, 2.75) is 6.42 Å². The van der Waals surface area contributed by atoms with E-state index in [4.69, 9.17) is 10.00 Å². The number of nitriles is 1. The van der Waals surface area contributed by atoms with Crippen molar-refractivity contribution in [2.24, 2.45) is 0 Å². The van der Waals surface area contributed by atoms with Gasteiger partial charge in [-0.05, 0) is 23.8 Å². The van der Waals surface area contributed by atoms with Gasteiger partial charge in [0.05, 0.1) is 12.5 Å². The molecule has 0 aromatic heterocycles. The molecular weight excluding hydrogens is 316 g/mol. The second kappa shape index (κ2) is 9.68. The third-order valence-electron chi connectivity index (χ3n) is 3.37. The molecule has 1 amide bonds. The second-order valence-corrected chi connectivity index (χ2v) is 5.14. The molecule has 0 aliphatic carbocycles. The van der Waals surface area contributed by atoms with Gasteiger partial charge in [-0.3, -0.25) is 4.79 Å². The summed E-state index contributed by atoms with van der Waals surface area (Å²) in [7, 11) is 0. The third kappa shape index (κ3) is 5.96. The molecule has 5 nitrogen and oxygen atoms in total. The van der Waals surface area contributed by atoms with Crippen molar-refractivity contribution in [2.75, 3.05) is 18.1 Å². The molecule has 0 atom stereocenters. The van der Waals surface area contributed by atoms with Crippen LogP contribution in [0.3, 0.4) is 0 Å². The Morgan fingerprint density at radius 1 is 1.04 bits per heavy atom. The van der Waals surface area contributed by atoms with Crippen LogP contribution in [0.5, 0.6) is 0 Å². The number of ether oxygens (including phenoxy) is 1. The van der Waals surface area contributed by atoms with Gasteiger partial charge in [0.25, 0.3) is 5.91 Å². The molecule has 0 N–H and O–H groups in total. The van der Waals surface area contributed by atoms with Crippen molar-refractivity contribution in [3.05, 3.63) is 72.3 Å². The minimum atomic E-state index is -0.592. The zero-order chi connectivity index (χ0) is 17.9. The molecule has 0 aliphatic rings. The highest BCUT2D eigenvalue weighted by atomic mass is 16.5. The SMILES string of the molecule is N#CCCN(C(=O)COC(=O)C=Cc1ccccc1)c1ccccc1. The molecule has 0 bridgehead atoms. The number of benzene rings is 2. The number of anilines is 1. The predicted octanol–water partition coefficient (Wildman–Crippen LogP) is 3.19. The summed E-state index contributed by atoms with van der Waals surface area (Å²) in [6, 6.07) is 20.3. The molecule has 2 rings (SSSR count).